The number of nitrogens with zero attached hydrogens (tertiary/aromatic N) is 2. The molecule has 0 aliphatic carbocycles. The topological polar surface area (TPSA) is 42.0 Å². The standard InChI is InChI=1S/C17H24N2O3/c1-4-18-9-11-19(12-10-18)17(20)8-6-14-5-7-15(21-2)13-16(14)22-3/h5-8,13H,4,9-12H2,1-3H3. The quantitative estimate of drug-likeness (QED) is 0.779. The molecule has 1 aliphatic heterocycles. The highest BCUT2D eigenvalue weighted by Crippen LogP contribution is 2.25. The van der Waals surface area contributed by atoms with Crippen LogP contribution < -0.4 is 9.47 Å². The van der Waals surface area contributed by atoms with Crippen LogP contribution >= 0.6 is 0 Å². The summed E-state index contributed by atoms with van der Waals surface area (Å²) in [5, 5.41) is 0. The fraction of sp³-hybridized carbons (Fsp3) is 0.471. The molecule has 0 atom stereocenters. The fourth-order valence-corrected chi connectivity index (χ4v) is 2.51. The van der Waals surface area contributed by atoms with Crippen LogP contribution in [0.25, 0.3) is 6.08 Å². The Morgan fingerprint density at radius 2 is 1.91 bits per heavy atom. The van der Waals surface area contributed by atoms with Crippen LogP contribution in [0.1, 0.15) is 12.5 Å². The van der Waals surface area contributed by atoms with Crippen LogP contribution in [0, 0.1) is 0 Å². The van der Waals surface area contributed by atoms with Gasteiger partial charge in [-0.3, -0.25) is 4.79 Å². The number of carbonyl (C=O) groups excluding carboxylic acids is 1. The van der Waals surface area contributed by atoms with Gasteiger partial charge in [-0.15, -0.1) is 0 Å². The van der Waals surface area contributed by atoms with Gasteiger partial charge in [-0.05, 0) is 24.8 Å². The maximum atomic E-state index is 12.2. The van der Waals surface area contributed by atoms with E-state index in [1.165, 1.54) is 0 Å². The lowest BCUT2D eigenvalue weighted by Gasteiger charge is -2.33. The van der Waals surface area contributed by atoms with E-state index in [0.717, 1.165) is 44.0 Å². The first-order valence-corrected chi connectivity index (χ1v) is 7.59. The molecule has 0 N–H and O–H groups in total. The number of hydrogen-bond acceptors (Lipinski definition) is 4. The minimum atomic E-state index is 0.0497. The normalized spacial score (nSPS) is 16.0. The summed E-state index contributed by atoms with van der Waals surface area (Å²) >= 11 is 0. The van der Waals surface area contributed by atoms with E-state index in [1.54, 1.807) is 26.4 Å². The lowest BCUT2D eigenvalue weighted by atomic mass is 10.1. The molecule has 2 rings (SSSR count). The Bertz CT molecular complexity index is 535. The molecule has 1 aromatic rings. The minimum absolute atomic E-state index is 0.0497. The molecule has 1 aromatic carbocycles. The molecule has 1 heterocycles. The third-order valence-corrected chi connectivity index (χ3v) is 3.98. The maximum Gasteiger partial charge on any atom is 0.246 e. The predicted molar refractivity (Wildman–Crippen MR) is 87.3 cm³/mol. The van der Waals surface area contributed by atoms with Gasteiger partial charge in [0.15, 0.2) is 0 Å². The van der Waals surface area contributed by atoms with Gasteiger partial charge in [-0.25, -0.2) is 0 Å². The van der Waals surface area contributed by atoms with Gasteiger partial charge in [0.25, 0.3) is 0 Å². The lowest BCUT2D eigenvalue weighted by Crippen LogP contribution is -2.48. The third kappa shape index (κ3) is 4.01. The van der Waals surface area contributed by atoms with Crippen molar-refractivity contribution in [2.24, 2.45) is 0 Å². The van der Waals surface area contributed by atoms with Gasteiger partial charge < -0.3 is 19.3 Å². The zero-order chi connectivity index (χ0) is 15.9. The van der Waals surface area contributed by atoms with Crippen molar-refractivity contribution in [3.8, 4) is 11.5 Å². The van der Waals surface area contributed by atoms with Crippen LogP contribution in [-0.4, -0.2) is 62.7 Å². The number of benzene rings is 1. The van der Waals surface area contributed by atoms with Crippen LogP contribution in [0.5, 0.6) is 11.5 Å². The predicted octanol–water partition coefficient (Wildman–Crippen LogP) is 1.88. The number of ether oxygens (including phenoxy) is 2. The monoisotopic (exact) mass is 304 g/mol. The second kappa shape index (κ2) is 7.84. The largest absolute Gasteiger partial charge is 0.497 e. The van der Waals surface area contributed by atoms with E-state index >= 15 is 0 Å². The Morgan fingerprint density at radius 1 is 1.18 bits per heavy atom. The molecule has 120 valence electrons. The molecular formula is C17H24N2O3. The Morgan fingerprint density at radius 3 is 2.50 bits per heavy atom. The molecule has 0 unspecified atom stereocenters. The van der Waals surface area contributed by atoms with Crippen molar-refractivity contribution in [2.45, 2.75) is 6.92 Å². The number of carbonyl (C=O) groups is 1. The summed E-state index contributed by atoms with van der Waals surface area (Å²) in [6, 6.07) is 5.55. The second-order valence-electron chi connectivity index (χ2n) is 5.20. The highest BCUT2D eigenvalue weighted by molar-refractivity contribution is 5.92. The van der Waals surface area contributed by atoms with E-state index in [9.17, 15) is 4.79 Å². The van der Waals surface area contributed by atoms with Gasteiger partial charge in [0.05, 0.1) is 14.2 Å². The maximum absolute atomic E-state index is 12.2. The number of methoxy groups -OCH3 is 2. The fourth-order valence-electron chi connectivity index (χ4n) is 2.51. The summed E-state index contributed by atoms with van der Waals surface area (Å²) in [5.41, 5.74) is 0.865. The van der Waals surface area contributed by atoms with Gasteiger partial charge in [-0.1, -0.05) is 6.92 Å². The molecule has 0 aromatic heterocycles. The first-order valence-electron chi connectivity index (χ1n) is 7.59. The van der Waals surface area contributed by atoms with E-state index in [1.807, 2.05) is 23.1 Å². The van der Waals surface area contributed by atoms with Crippen molar-refractivity contribution in [1.29, 1.82) is 0 Å². The average Bonchev–Trinajstić information content (AvgIpc) is 2.59. The van der Waals surface area contributed by atoms with Crippen molar-refractivity contribution >= 4 is 12.0 Å². The molecule has 5 heteroatoms. The summed E-state index contributed by atoms with van der Waals surface area (Å²) < 4.78 is 10.5. The molecule has 22 heavy (non-hydrogen) atoms. The van der Waals surface area contributed by atoms with Gasteiger partial charge in [0.2, 0.25) is 5.91 Å². The van der Waals surface area contributed by atoms with Crippen LogP contribution in [0.4, 0.5) is 0 Å². The summed E-state index contributed by atoms with van der Waals surface area (Å²) in [4.78, 5) is 16.5. The smallest absolute Gasteiger partial charge is 0.246 e. The van der Waals surface area contributed by atoms with E-state index in [4.69, 9.17) is 9.47 Å². The van der Waals surface area contributed by atoms with Crippen LogP contribution in [0.2, 0.25) is 0 Å². The van der Waals surface area contributed by atoms with Crippen molar-refractivity contribution in [2.75, 3.05) is 46.9 Å². The van der Waals surface area contributed by atoms with Crippen LogP contribution in [0.3, 0.4) is 0 Å². The zero-order valence-electron chi connectivity index (χ0n) is 13.5. The molecule has 1 saturated heterocycles. The molecule has 5 nitrogen and oxygen atoms in total. The van der Waals surface area contributed by atoms with E-state index in [2.05, 4.69) is 11.8 Å². The molecule has 0 saturated carbocycles. The van der Waals surface area contributed by atoms with E-state index in [0.29, 0.717) is 5.75 Å². The highest BCUT2D eigenvalue weighted by Gasteiger charge is 2.18. The number of piperazine rings is 1. The summed E-state index contributed by atoms with van der Waals surface area (Å²) in [5.74, 6) is 1.48. The summed E-state index contributed by atoms with van der Waals surface area (Å²) in [6.45, 7) is 6.66. The molecule has 0 spiro atoms. The molecule has 0 radical (unpaired) electrons. The Hall–Kier alpha value is -2.01. The third-order valence-electron chi connectivity index (χ3n) is 3.98. The zero-order valence-corrected chi connectivity index (χ0v) is 13.5. The van der Waals surface area contributed by atoms with Crippen LogP contribution in [0.15, 0.2) is 24.3 Å². The average molecular weight is 304 g/mol. The number of hydrogen-bond donors (Lipinski definition) is 0. The van der Waals surface area contributed by atoms with Gasteiger partial charge >= 0.3 is 0 Å². The summed E-state index contributed by atoms with van der Waals surface area (Å²) in [7, 11) is 3.22. The number of rotatable bonds is 5. The second-order valence-corrected chi connectivity index (χ2v) is 5.20. The van der Waals surface area contributed by atoms with Crippen LogP contribution in [-0.2, 0) is 4.79 Å². The molecule has 1 amide bonds. The molecule has 1 aliphatic rings. The lowest BCUT2D eigenvalue weighted by molar-refractivity contribution is -0.127. The first kappa shape index (κ1) is 16.4. The van der Waals surface area contributed by atoms with Crippen molar-refractivity contribution in [3.63, 3.8) is 0 Å². The Balaban J connectivity index is 2.01. The molecule has 1 fully saturated rings. The van der Waals surface area contributed by atoms with Crippen molar-refractivity contribution in [1.82, 2.24) is 9.80 Å². The Kier molecular flexibility index (Phi) is 5.83. The summed E-state index contributed by atoms with van der Waals surface area (Å²) in [6.07, 6.45) is 3.42. The van der Waals surface area contributed by atoms with E-state index in [-0.39, 0.29) is 5.91 Å². The number of likely N-dealkylation sites (N-methyl/N-ethyl adjacent to an activating group) is 1. The number of amides is 1. The van der Waals surface area contributed by atoms with E-state index < -0.39 is 0 Å². The SMILES string of the molecule is CCN1CCN(C(=O)C=Cc2ccc(OC)cc2OC)CC1. The van der Waals surface area contributed by atoms with Gasteiger partial charge in [0.1, 0.15) is 11.5 Å². The molecular weight excluding hydrogens is 280 g/mol. The molecule has 0 bridgehead atoms. The minimum Gasteiger partial charge on any atom is -0.497 e. The Labute approximate surface area is 132 Å². The van der Waals surface area contributed by atoms with Crippen molar-refractivity contribution < 1.29 is 14.3 Å². The first-order chi connectivity index (χ1) is 10.7. The van der Waals surface area contributed by atoms with Crippen molar-refractivity contribution in [3.05, 3.63) is 29.8 Å². The van der Waals surface area contributed by atoms with Gasteiger partial charge in [-0.2, -0.15) is 0 Å². The highest BCUT2D eigenvalue weighted by atomic mass is 16.5. The van der Waals surface area contributed by atoms with Gasteiger partial charge in [0, 0.05) is 43.9 Å².